The number of ether oxygens (including phenoxy) is 2. The SMILES string of the molecule is COc1cc(SC)ccc1C(=O)OCC(=O)N1CCC(C)CC1. The lowest BCUT2D eigenvalue weighted by molar-refractivity contribution is -0.135. The van der Waals surface area contributed by atoms with E-state index in [1.807, 2.05) is 12.3 Å². The first kappa shape index (κ1) is 17.7. The monoisotopic (exact) mass is 337 g/mol. The highest BCUT2D eigenvalue weighted by atomic mass is 32.2. The first-order valence-electron chi connectivity index (χ1n) is 7.72. The van der Waals surface area contributed by atoms with E-state index >= 15 is 0 Å². The molecule has 0 spiro atoms. The van der Waals surface area contributed by atoms with Crippen LogP contribution in [0.2, 0.25) is 0 Å². The summed E-state index contributed by atoms with van der Waals surface area (Å²) in [5, 5.41) is 0. The van der Waals surface area contributed by atoms with Gasteiger partial charge in [0.05, 0.1) is 7.11 Å². The van der Waals surface area contributed by atoms with Crippen molar-refractivity contribution in [1.82, 2.24) is 4.90 Å². The number of hydrogen-bond acceptors (Lipinski definition) is 5. The number of methoxy groups -OCH3 is 1. The maximum Gasteiger partial charge on any atom is 0.342 e. The highest BCUT2D eigenvalue weighted by molar-refractivity contribution is 7.98. The van der Waals surface area contributed by atoms with Crippen LogP contribution in [-0.4, -0.2) is 49.8 Å². The molecule has 1 aromatic rings. The van der Waals surface area contributed by atoms with Crippen LogP contribution in [0.4, 0.5) is 0 Å². The highest BCUT2D eigenvalue weighted by Gasteiger charge is 2.22. The van der Waals surface area contributed by atoms with E-state index in [1.54, 1.807) is 28.8 Å². The van der Waals surface area contributed by atoms with Crippen molar-refractivity contribution < 1.29 is 19.1 Å². The molecule has 5 nitrogen and oxygen atoms in total. The average molecular weight is 337 g/mol. The Bertz CT molecular complexity index is 568. The van der Waals surface area contributed by atoms with E-state index in [1.165, 1.54) is 7.11 Å². The lowest BCUT2D eigenvalue weighted by atomic mass is 9.99. The summed E-state index contributed by atoms with van der Waals surface area (Å²) in [6.45, 7) is 3.44. The van der Waals surface area contributed by atoms with Gasteiger partial charge in [-0.25, -0.2) is 4.79 Å². The predicted molar refractivity (Wildman–Crippen MR) is 90.0 cm³/mol. The molecule has 0 saturated carbocycles. The van der Waals surface area contributed by atoms with Crippen molar-refractivity contribution in [2.45, 2.75) is 24.7 Å². The lowest BCUT2D eigenvalue weighted by Gasteiger charge is -2.30. The molecule has 0 atom stereocenters. The van der Waals surface area contributed by atoms with Gasteiger partial charge in [-0.1, -0.05) is 6.92 Å². The second-order valence-corrected chi connectivity index (χ2v) is 6.59. The third-order valence-electron chi connectivity index (χ3n) is 4.09. The number of rotatable bonds is 5. The standard InChI is InChI=1S/C17H23NO4S/c1-12-6-8-18(9-7-12)16(19)11-22-17(20)14-5-4-13(23-3)10-15(14)21-2/h4-5,10,12H,6-9,11H2,1-3H3. The Kier molecular flexibility index (Phi) is 6.33. The molecule has 126 valence electrons. The van der Waals surface area contributed by atoms with Crippen molar-refractivity contribution in [3.05, 3.63) is 23.8 Å². The molecular formula is C17H23NO4S. The largest absolute Gasteiger partial charge is 0.496 e. The molecule has 1 aromatic carbocycles. The number of likely N-dealkylation sites (tertiary alicyclic amines) is 1. The molecule has 1 aliphatic rings. The van der Waals surface area contributed by atoms with Crippen molar-refractivity contribution >= 4 is 23.6 Å². The van der Waals surface area contributed by atoms with Crippen molar-refractivity contribution in [3.8, 4) is 5.75 Å². The molecule has 1 fully saturated rings. The van der Waals surface area contributed by atoms with Crippen molar-refractivity contribution in [1.29, 1.82) is 0 Å². The Morgan fingerprint density at radius 1 is 1.30 bits per heavy atom. The van der Waals surface area contributed by atoms with E-state index in [0.29, 0.717) is 17.2 Å². The van der Waals surface area contributed by atoms with E-state index in [4.69, 9.17) is 9.47 Å². The van der Waals surface area contributed by atoms with Gasteiger partial charge in [0.2, 0.25) is 0 Å². The van der Waals surface area contributed by atoms with E-state index in [2.05, 4.69) is 6.92 Å². The van der Waals surface area contributed by atoms with Crippen LogP contribution in [0.5, 0.6) is 5.75 Å². The second kappa shape index (κ2) is 8.24. The average Bonchev–Trinajstić information content (AvgIpc) is 2.59. The number of piperidine rings is 1. The van der Waals surface area contributed by atoms with Crippen LogP contribution < -0.4 is 4.74 Å². The van der Waals surface area contributed by atoms with Gasteiger partial charge in [0.15, 0.2) is 6.61 Å². The minimum atomic E-state index is -0.534. The molecule has 0 aromatic heterocycles. The molecule has 23 heavy (non-hydrogen) atoms. The molecule has 6 heteroatoms. The minimum absolute atomic E-state index is 0.134. The molecule has 0 N–H and O–H groups in total. The van der Waals surface area contributed by atoms with Crippen LogP contribution in [0.25, 0.3) is 0 Å². The predicted octanol–water partition coefficient (Wildman–Crippen LogP) is 2.83. The van der Waals surface area contributed by atoms with Gasteiger partial charge in [-0.2, -0.15) is 0 Å². The summed E-state index contributed by atoms with van der Waals surface area (Å²) in [6.07, 6.45) is 3.96. The summed E-state index contributed by atoms with van der Waals surface area (Å²) >= 11 is 1.56. The topological polar surface area (TPSA) is 55.8 Å². The number of esters is 1. The third kappa shape index (κ3) is 4.64. The van der Waals surface area contributed by atoms with Gasteiger partial charge in [0.25, 0.3) is 5.91 Å². The molecule has 0 unspecified atom stereocenters. The van der Waals surface area contributed by atoms with Gasteiger partial charge in [0, 0.05) is 18.0 Å². The fourth-order valence-electron chi connectivity index (χ4n) is 2.52. The van der Waals surface area contributed by atoms with Crippen LogP contribution in [-0.2, 0) is 9.53 Å². The number of amides is 1. The van der Waals surface area contributed by atoms with E-state index in [0.717, 1.165) is 30.8 Å². The van der Waals surface area contributed by atoms with Crippen molar-refractivity contribution in [2.24, 2.45) is 5.92 Å². The molecule has 1 saturated heterocycles. The summed E-state index contributed by atoms with van der Waals surface area (Å²) in [6, 6.07) is 5.28. The first-order valence-corrected chi connectivity index (χ1v) is 8.94. The molecule has 0 bridgehead atoms. The zero-order valence-corrected chi connectivity index (χ0v) is 14.6. The molecule has 1 amide bonds. The van der Waals surface area contributed by atoms with E-state index in [-0.39, 0.29) is 12.5 Å². The number of carbonyl (C=O) groups excluding carboxylic acids is 2. The summed E-state index contributed by atoms with van der Waals surface area (Å²) in [5.74, 6) is 0.445. The second-order valence-electron chi connectivity index (χ2n) is 5.71. The number of nitrogens with zero attached hydrogens (tertiary/aromatic N) is 1. The Balaban J connectivity index is 1.93. The molecule has 1 heterocycles. The number of thioether (sulfide) groups is 1. The Labute approximate surface area is 141 Å². The summed E-state index contributed by atoms with van der Waals surface area (Å²) in [7, 11) is 1.51. The summed E-state index contributed by atoms with van der Waals surface area (Å²) in [4.78, 5) is 27.1. The third-order valence-corrected chi connectivity index (χ3v) is 4.82. The van der Waals surface area contributed by atoms with Crippen molar-refractivity contribution in [2.75, 3.05) is 33.1 Å². The van der Waals surface area contributed by atoms with Crippen LogP contribution >= 0.6 is 11.8 Å². The molecule has 1 aliphatic heterocycles. The Morgan fingerprint density at radius 2 is 2.00 bits per heavy atom. The normalized spacial score (nSPS) is 15.3. The lowest BCUT2D eigenvalue weighted by Crippen LogP contribution is -2.40. The molecule has 2 rings (SSSR count). The fraction of sp³-hybridized carbons (Fsp3) is 0.529. The zero-order chi connectivity index (χ0) is 16.8. The van der Waals surface area contributed by atoms with Gasteiger partial charge >= 0.3 is 5.97 Å². The van der Waals surface area contributed by atoms with E-state index in [9.17, 15) is 9.59 Å². The smallest absolute Gasteiger partial charge is 0.342 e. The zero-order valence-electron chi connectivity index (χ0n) is 13.8. The molecular weight excluding hydrogens is 314 g/mol. The van der Waals surface area contributed by atoms with Crippen LogP contribution in [0.15, 0.2) is 23.1 Å². The van der Waals surface area contributed by atoms with Crippen LogP contribution in [0, 0.1) is 5.92 Å². The maximum absolute atomic E-state index is 12.2. The highest BCUT2D eigenvalue weighted by Crippen LogP contribution is 2.26. The minimum Gasteiger partial charge on any atom is -0.496 e. The Hall–Kier alpha value is -1.69. The number of hydrogen-bond donors (Lipinski definition) is 0. The summed E-state index contributed by atoms with van der Waals surface area (Å²) < 4.78 is 10.4. The van der Waals surface area contributed by atoms with E-state index < -0.39 is 5.97 Å². The number of carbonyl (C=O) groups is 2. The van der Waals surface area contributed by atoms with Crippen LogP contribution in [0.1, 0.15) is 30.1 Å². The van der Waals surface area contributed by atoms with Gasteiger partial charge in [-0.05, 0) is 43.2 Å². The first-order chi connectivity index (χ1) is 11.0. The molecule has 0 aliphatic carbocycles. The quantitative estimate of drug-likeness (QED) is 0.611. The van der Waals surface area contributed by atoms with Gasteiger partial charge in [0.1, 0.15) is 11.3 Å². The molecule has 0 radical (unpaired) electrons. The summed E-state index contributed by atoms with van der Waals surface area (Å²) in [5.41, 5.74) is 0.338. The van der Waals surface area contributed by atoms with Gasteiger partial charge in [-0.15, -0.1) is 11.8 Å². The van der Waals surface area contributed by atoms with Crippen molar-refractivity contribution in [3.63, 3.8) is 0 Å². The number of benzene rings is 1. The Morgan fingerprint density at radius 3 is 2.61 bits per heavy atom. The van der Waals surface area contributed by atoms with Gasteiger partial charge < -0.3 is 14.4 Å². The maximum atomic E-state index is 12.2. The van der Waals surface area contributed by atoms with Crippen LogP contribution in [0.3, 0.4) is 0 Å². The van der Waals surface area contributed by atoms with Gasteiger partial charge in [-0.3, -0.25) is 4.79 Å². The fourth-order valence-corrected chi connectivity index (χ4v) is 2.95.